The van der Waals surface area contributed by atoms with Crippen molar-refractivity contribution in [3.63, 3.8) is 0 Å². The van der Waals surface area contributed by atoms with Crippen LogP contribution >= 0.6 is 11.3 Å². The highest BCUT2D eigenvalue weighted by Gasteiger charge is 2.33. The van der Waals surface area contributed by atoms with Crippen LogP contribution in [0.4, 0.5) is 5.69 Å². The zero-order valence-corrected chi connectivity index (χ0v) is 25.3. The van der Waals surface area contributed by atoms with E-state index in [0.717, 1.165) is 16.8 Å². The van der Waals surface area contributed by atoms with E-state index >= 15 is 0 Å². The van der Waals surface area contributed by atoms with E-state index in [1.165, 1.54) is 11.3 Å². The Labute approximate surface area is 252 Å². The van der Waals surface area contributed by atoms with Crippen LogP contribution < -0.4 is 29.3 Å². The van der Waals surface area contributed by atoms with Crippen LogP contribution in [-0.2, 0) is 9.53 Å². The van der Waals surface area contributed by atoms with E-state index in [4.69, 9.17) is 14.2 Å². The number of ether oxygens (including phenoxy) is 3. The van der Waals surface area contributed by atoms with Crippen molar-refractivity contribution in [1.82, 2.24) is 4.57 Å². The lowest BCUT2D eigenvalue weighted by atomic mass is 9.95. The van der Waals surface area contributed by atoms with Crippen LogP contribution in [-0.4, -0.2) is 44.3 Å². The molecule has 1 aromatic heterocycles. The van der Waals surface area contributed by atoms with Crippen LogP contribution in [0.1, 0.15) is 41.4 Å². The van der Waals surface area contributed by atoms with Crippen molar-refractivity contribution in [2.45, 2.75) is 19.9 Å². The molecule has 1 aliphatic rings. The fraction of sp³-hybridized carbons (Fsp3) is 0.212. The van der Waals surface area contributed by atoms with Gasteiger partial charge in [0.1, 0.15) is 11.5 Å². The van der Waals surface area contributed by atoms with Crippen LogP contribution in [0, 0.1) is 0 Å². The Morgan fingerprint density at radius 3 is 2.21 bits per heavy atom. The number of benzene rings is 3. The van der Waals surface area contributed by atoms with E-state index in [0.29, 0.717) is 37.7 Å². The molecule has 0 saturated carbocycles. The Kier molecular flexibility index (Phi) is 8.58. The number of aromatic nitrogens is 1. The van der Waals surface area contributed by atoms with Gasteiger partial charge in [-0.3, -0.25) is 9.36 Å². The summed E-state index contributed by atoms with van der Waals surface area (Å²) in [7, 11) is 5.45. The van der Waals surface area contributed by atoms with Crippen LogP contribution in [0.3, 0.4) is 0 Å². The maximum absolute atomic E-state index is 13.8. The van der Waals surface area contributed by atoms with Gasteiger partial charge in [-0.15, -0.1) is 0 Å². The summed E-state index contributed by atoms with van der Waals surface area (Å²) in [5, 5.41) is 0. The summed E-state index contributed by atoms with van der Waals surface area (Å²) >= 11 is 1.25. The molecule has 0 saturated heterocycles. The summed E-state index contributed by atoms with van der Waals surface area (Å²) in [5.41, 5.74) is 3.48. The largest absolute Gasteiger partial charge is 0.497 e. The van der Waals surface area contributed by atoms with Crippen LogP contribution in [0.25, 0.3) is 6.08 Å². The van der Waals surface area contributed by atoms with E-state index < -0.39 is 18.0 Å². The molecule has 0 spiro atoms. The first-order chi connectivity index (χ1) is 20.7. The highest BCUT2D eigenvalue weighted by Crippen LogP contribution is 2.31. The highest BCUT2D eigenvalue weighted by molar-refractivity contribution is 7.07. The number of carbonyl (C=O) groups excluding carboxylic acids is 2. The molecule has 10 heteroatoms. The molecule has 2 heterocycles. The van der Waals surface area contributed by atoms with Gasteiger partial charge in [-0.2, -0.15) is 0 Å². The third kappa shape index (κ3) is 6.14. The molecule has 0 radical (unpaired) electrons. The van der Waals surface area contributed by atoms with Gasteiger partial charge >= 0.3 is 11.9 Å². The number of hydrogen-bond donors (Lipinski definition) is 0. The Morgan fingerprint density at radius 1 is 0.953 bits per heavy atom. The third-order valence-electron chi connectivity index (χ3n) is 6.96. The number of anilines is 1. The van der Waals surface area contributed by atoms with E-state index in [1.807, 2.05) is 43.3 Å². The smallest absolute Gasteiger partial charge is 0.343 e. The van der Waals surface area contributed by atoms with E-state index in [2.05, 4.69) is 4.99 Å². The Balaban J connectivity index is 1.48. The molecular weight excluding hydrogens is 566 g/mol. The molecular formula is C33H31N3O6S. The number of rotatable bonds is 8. The van der Waals surface area contributed by atoms with E-state index in [-0.39, 0.29) is 12.2 Å². The van der Waals surface area contributed by atoms with Crippen molar-refractivity contribution in [2.75, 3.05) is 32.7 Å². The average molecular weight is 598 g/mol. The van der Waals surface area contributed by atoms with Crippen molar-refractivity contribution in [3.05, 3.63) is 120 Å². The van der Waals surface area contributed by atoms with E-state index in [1.54, 1.807) is 80.1 Å². The number of esters is 2. The number of fused-ring (bicyclic) bond motifs is 1. The molecule has 0 amide bonds. The van der Waals surface area contributed by atoms with Gasteiger partial charge in [0.05, 0.1) is 41.1 Å². The van der Waals surface area contributed by atoms with Gasteiger partial charge in [-0.1, -0.05) is 35.6 Å². The van der Waals surface area contributed by atoms with Crippen LogP contribution in [0.15, 0.2) is 93.9 Å². The second kappa shape index (κ2) is 12.5. The lowest BCUT2D eigenvalue weighted by Crippen LogP contribution is -2.39. The number of allylic oxidation sites excluding steroid dienone is 1. The molecule has 4 aromatic rings. The molecule has 220 valence electrons. The quantitative estimate of drug-likeness (QED) is 0.223. The SMILES string of the molecule is CCOC(=O)C1=C(C)N=c2s/c(=C\c3ccc(OC(=O)c4ccc(OC)cc4)cc3)c(=O)n2[C@@H]1c1ccc(N(C)C)cc1. The predicted octanol–water partition coefficient (Wildman–Crippen LogP) is 4.09. The second-order valence-corrected chi connectivity index (χ2v) is 11.0. The maximum atomic E-state index is 13.8. The van der Waals surface area contributed by atoms with Gasteiger partial charge in [0.15, 0.2) is 4.80 Å². The summed E-state index contributed by atoms with van der Waals surface area (Å²) in [5.74, 6) is 0.0249. The van der Waals surface area contributed by atoms with Crippen LogP contribution in [0.5, 0.6) is 11.5 Å². The molecule has 1 atom stereocenters. The lowest BCUT2D eigenvalue weighted by Gasteiger charge is -2.25. The van der Waals surface area contributed by atoms with Gasteiger partial charge in [-0.05, 0) is 79.6 Å². The Morgan fingerprint density at radius 2 is 1.60 bits per heavy atom. The van der Waals surface area contributed by atoms with Gasteiger partial charge in [0.25, 0.3) is 5.56 Å². The fourth-order valence-corrected chi connectivity index (χ4v) is 5.78. The number of thiazole rings is 1. The number of methoxy groups -OCH3 is 1. The van der Waals surface area contributed by atoms with Crippen molar-refractivity contribution < 1.29 is 23.8 Å². The molecule has 0 aliphatic carbocycles. The summed E-state index contributed by atoms with van der Waals surface area (Å²) in [6.45, 7) is 3.71. The minimum absolute atomic E-state index is 0.206. The summed E-state index contributed by atoms with van der Waals surface area (Å²) in [6, 6.07) is 20.6. The molecule has 1 aliphatic heterocycles. The molecule has 43 heavy (non-hydrogen) atoms. The van der Waals surface area contributed by atoms with Crippen molar-refractivity contribution in [1.29, 1.82) is 0 Å². The average Bonchev–Trinajstić information content (AvgIpc) is 3.31. The molecule has 5 rings (SSSR count). The molecule has 3 aromatic carbocycles. The minimum Gasteiger partial charge on any atom is -0.497 e. The van der Waals surface area contributed by atoms with Gasteiger partial charge < -0.3 is 19.1 Å². The summed E-state index contributed by atoms with van der Waals surface area (Å²) in [6.07, 6.45) is 1.76. The monoisotopic (exact) mass is 597 g/mol. The molecule has 0 fully saturated rings. The Hall–Kier alpha value is -4.96. The normalized spacial score (nSPS) is 14.5. The molecule has 0 N–H and O–H groups in total. The fourth-order valence-electron chi connectivity index (χ4n) is 4.74. The number of nitrogens with zero attached hydrogens (tertiary/aromatic N) is 3. The van der Waals surface area contributed by atoms with Crippen molar-refractivity contribution in [3.8, 4) is 11.5 Å². The van der Waals surface area contributed by atoms with Gasteiger partial charge in [-0.25, -0.2) is 14.6 Å². The number of hydrogen-bond acceptors (Lipinski definition) is 9. The third-order valence-corrected chi connectivity index (χ3v) is 7.94. The first kappa shape index (κ1) is 29.5. The van der Waals surface area contributed by atoms with Gasteiger partial charge in [0, 0.05) is 19.8 Å². The highest BCUT2D eigenvalue weighted by atomic mass is 32.1. The molecule has 9 nitrogen and oxygen atoms in total. The zero-order chi connectivity index (χ0) is 30.7. The lowest BCUT2D eigenvalue weighted by molar-refractivity contribution is -0.139. The maximum Gasteiger partial charge on any atom is 0.343 e. The van der Waals surface area contributed by atoms with Crippen molar-refractivity contribution in [2.24, 2.45) is 4.99 Å². The molecule has 0 unspecified atom stereocenters. The first-order valence-electron chi connectivity index (χ1n) is 13.6. The van der Waals surface area contributed by atoms with E-state index in [9.17, 15) is 14.4 Å². The van der Waals surface area contributed by atoms with Crippen molar-refractivity contribution >= 4 is 35.0 Å². The number of carbonyl (C=O) groups is 2. The molecule has 0 bridgehead atoms. The standard InChI is InChI=1S/C33H31N3O6S/c1-6-41-32(39)28-20(2)34-33-36(29(28)22-9-13-24(14-10-22)35(3)4)30(37)27(43-33)19-21-7-15-26(16-8-21)42-31(38)23-11-17-25(40-5)18-12-23/h7-19,29H,6H2,1-5H3/b27-19-/t29-/m1/s1. The summed E-state index contributed by atoms with van der Waals surface area (Å²) in [4.78, 5) is 46.6. The predicted molar refractivity (Wildman–Crippen MR) is 166 cm³/mol. The van der Waals surface area contributed by atoms with Gasteiger partial charge in [0.2, 0.25) is 0 Å². The van der Waals surface area contributed by atoms with Crippen LogP contribution in [0.2, 0.25) is 0 Å². The zero-order valence-electron chi connectivity index (χ0n) is 24.5. The minimum atomic E-state index is -0.687. The Bertz CT molecular complexity index is 1870. The summed E-state index contributed by atoms with van der Waals surface area (Å²) < 4.78 is 18.0. The first-order valence-corrected chi connectivity index (χ1v) is 14.4. The second-order valence-electron chi connectivity index (χ2n) is 9.98. The topological polar surface area (TPSA) is 99.4 Å².